The highest BCUT2D eigenvalue weighted by Crippen LogP contribution is 2.52. The zero-order valence-electron chi connectivity index (χ0n) is 10.5. The van der Waals surface area contributed by atoms with Crippen LogP contribution < -0.4 is 11.1 Å². The Morgan fingerprint density at radius 2 is 2.00 bits per heavy atom. The molecule has 3 heteroatoms. The first kappa shape index (κ1) is 11.0. The number of hydrogen-bond acceptors (Lipinski definition) is 3. The molecule has 0 saturated heterocycles. The van der Waals surface area contributed by atoms with Crippen LogP contribution in [0.25, 0.3) is 0 Å². The Kier molecular flexibility index (Phi) is 2.36. The van der Waals surface area contributed by atoms with Crippen LogP contribution in [0.2, 0.25) is 0 Å². The monoisotopic (exact) mass is 224 g/mol. The van der Waals surface area contributed by atoms with Gasteiger partial charge in [0.2, 0.25) is 0 Å². The second kappa shape index (κ2) is 3.44. The lowest BCUT2D eigenvalue weighted by Gasteiger charge is -2.30. The van der Waals surface area contributed by atoms with Gasteiger partial charge >= 0.3 is 0 Å². The second-order valence-corrected chi connectivity index (χ2v) is 6.54. The fraction of sp³-hybridized carbons (Fsp3) is 1.00. The molecule has 16 heavy (non-hydrogen) atoms. The molecule has 3 nitrogen and oxygen atoms in total. The van der Waals surface area contributed by atoms with Crippen molar-refractivity contribution in [2.45, 2.75) is 68.7 Å². The van der Waals surface area contributed by atoms with Gasteiger partial charge in [-0.2, -0.15) is 0 Å². The first-order valence-corrected chi connectivity index (χ1v) is 6.66. The summed E-state index contributed by atoms with van der Waals surface area (Å²) in [5.41, 5.74) is 6.60. The molecule has 0 aromatic heterocycles. The maximum atomic E-state index is 6.31. The van der Waals surface area contributed by atoms with Gasteiger partial charge in [-0.1, -0.05) is 0 Å². The summed E-state index contributed by atoms with van der Waals surface area (Å²) < 4.78 is 6.07. The Balaban J connectivity index is 1.69. The van der Waals surface area contributed by atoms with E-state index >= 15 is 0 Å². The fourth-order valence-electron chi connectivity index (χ4n) is 4.02. The Hall–Kier alpha value is -0.120. The van der Waals surface area contributed by atoms with E-state index in [1.54, 1.807) is 0 Å². The van der Waals surface area contributed by atoms with Crippen LogP contribution in [0.5, 0.6) is 0 Å². The van der Waals surface area contributed by atoms with Gasteiger partial charge in [0, 0.05) is 11.1 Å². The zero-order chi connectivity index (χ0) is 11.4. The lowest BCUT2D eigenvalue weighted by atomic mass is 9.90. The summed E-state index contributed by atoms with van der Waals surface area (Å²) in [7, 11) is 2.09. The van der Waals surface area contributed by atoms with Crippen LogP contribution in [-0.2, 0) is 4.74 Å². The molecule has 3 rings (SSSR count). The van der Waals surface area contributed by atoms with E-state index in [1.165, 1.54) is 19.3 Å². The minimum absolute atomic E-state index is 0.0260. The molecule has 3 aliphatic carbocycles. The summed E-state index contributed by atoms with van der Waals surface area (Å²) in [5, 5.41) is 3.56. The van der Waals surface area contributed by atoms with Crippen LogP contribution in [0.4, 0.5) is 0 Å². The molecule has 0 amide bonds. The van der Waals surface area contributed by atoms with Crippen LogP contribution in [0.15, 0.2) is 0 Å². The molecule has 3 N–H and O–H groups in total. The van der Waals surface area contributed by atoms with Crippen LogP contribution in [0.3, 0.4) is 0 Å². The maximum Gasteiger partial charge on any atom is 0.0599 e. The van der Waals surface area contributed by atoms with E-state index in [1.807, 2.05) is 0 Å². The Morgan fingerprint density at radius 1 is 1.25 bits per heavy atom. The standard InChI is InChI=1S/C13H24N2O/c1-12(14)6-9-5-11(16-10-3-4-10)7-13(9,8-12)15-2/h9-11,15H,3-8,14H2,1-2H3/t9-,11-,12-,13-/m0/s1. The van der Waals surface area contributed by atoms with Gasteiger partial charge in [0.1, 0.15) is 0 Å². The molecule has 4 atom stereocenters. The quantitative estimate of drug-likeness (QED) is 0.762. The molecule has 0 heterocycles. The second-order valence-electron chi connectivity index (χ2n) is 6.54. The topological polar surface area (TPSA) is 47.3 Å². The van der Waals surface area contributed by atoms with Crippen molar-refractivity contribution >= 4 is 0 Å². The number of ether oxygens (including phenoxy) is 1. The van der Waals surface area contributed by atoms with E-state index in [0.29, 0.717) is 12.2 Å². The summed E-state index contributed by atoms with van der Waals surface area (Å²) in [6, 6.07) is 0. The van der Waals surface area contributed by atoms with Gasteiger partial charge in [-0.15, -0.1) is 0 Å². The molecule has 3 fully saturated rings. The molecule has 0 aromatic carbocycles. The highest BCUT2D eigenvalue weighted by Gasteiger charge is 2.56. The summed E-state index contributed by atoms with van der Waals surface area (Å²) in [6.07, 6.45) is 8.26. The summed E-state index contributed by atoms with van der Waals surface area (Å²) in [6.45, 7) is 2.20. The predicted molar refractivity (Wildman–Crippen MR) is 64.2 cm³/mol. The lowest BCUT2D eigenvalue weighted by Crippen LogP contribution is -2.46. The van der Waals surface area contributed by atoms with Crippen LogP contribution >= 0.6 is 0 Å². The molecular formula is C13H24N2O. The maximum absolute atomic E-state index is 6.31. The molecule has 0 unspecified atom stereocenters. The third-order valence-corrected chi connectivity index (χ3v) is 4.76. The Morgan fingerprint density at radius 3 is 2.56 bits per heavy atom. The van der Waals surface area contributed by atoms with Gasteiger partial charge in [-0.3, -0.25) is 0 Å². The van der Waals surface area contributed by atoms with Crippen molar-refractivity contribution in [1.82, 2.24) is 5.32 Å². The molecular weight excluding hydrogens is 200 g/mol. The first-order chi connectivity index (χ1) is 7.53. The SMILES string of the molecule is CN[C@]12C[C@@H](OC3CC3)C[C@H]1C[C@](C)(N)C2. The molecule has 92 valence electrons. The number of nitrogens with two attached hydrogens (primary N) is 1. The normalized spacial score (nSPS) is 51.9. The minimum Gasteiger partial charge on any atom is -0.375 e. The lowest BCUT2D eigenvalue weighted by molar-refractivity contribution is 0.0360. The molecule has 3 aliphatic rings. The average molecular weight is 224 g/mol. The zero-order valence-corrected chi connectivity index (χ0v) is 10.5. The van der Waals surface area contributed by atoms with Crippen molar-refractivity contribution in [3.8, 4) is 0 Å². The summed E-state index contributed by atoms with van der Waals surface area (Å²) in [5.74, 6) is 0.719. The van der Waals surface area contributed by atoms with Crippen molar-refractivity contribution in [2.24, 2.45) is 11.7 Å². The third kappa shape index (κ3) is 1.79. The Labute approximate surface area is 98.1 Å². The van der Waals surface area contributed by atoms with E-state index in [0.717, 1.165) is 25.2 Å². The van der Waals surface area contributed by atoms with Crippen LogP contribution in [0.1, 0.15) is 45.4 Å². The molecule has 0 bridgehead atoms. The molecule has 0 radical (unpaired) electrons. The predicted octanol–water partition coefficient (Wildman–Crippen LogP) is 1.41. The summed E-state index contributed by atoms with van der Waals surface area (Å²) in [4.78, 5) is 0. The number of rotatable bonds is 3. The van der Waals surface area contributed by atoms with Gasteiger partial charge in [-0.05, 0) is 58.4 Å². The van der Waals surface area contributed by atoms with E-state index < -0.39 is 0 Å². The van der Waals surface area contributed by atoms with Crippen molar-refractivity contribution in [1.29, 1.82) is 0 Å². The molecule has 3 saturated carbocycles. The first-order valence-electron chi connectivity index (χ1n) is 6.66. The smallest absolute Gasteiger partial charge is 0.0599 e. The van der Waals surface area contributed by atoms with E-state index in [-0.39, 0.29) is 11.1 Å². The van der Waals surface area contributed by atoms with Crippen molar-refractivity contribution in [3.63, 3.8) is 0 Å². The van der Waals surface area contributed by atoms with Gasteiger partial charge < -0.3 is 15.8 Å². The van der Waals surface area contributed by atoms with E-state index in [9.17, 15) is 0 Å². The van der Waals surface area contributed by atoms with E-state index in [2.05, 4.69) is 19.3 Å². The van der Waals surface area contributed by atoms with Crippen molar-refractivity contribution in [2.75, 3.05) is 7.05 Å². The summed E-state index contributed by atoms with van der Waals surface area (Å²) >= 11 is 0. The fourth-order valence-corrected chi connectivity index (χ4v) is 4.02. The van der Waals surface area contributed by atoms with Crippen molar-refractivity contribution < 1.29 is 4.74 Å². The van der Waals surface area contributed by atoms with Crippen LogP contribution in [0, 0.1) is 5.92 Å². The average Bonchev–Trinajstić information content (AvgIpc) is 2.86. The molecule has 0 spiro atoms. The third-order valence-electron chi connectivity index (χ3n) is 4.76. The number of hydrogen-bond donors (Lipinski definition) is 2. The highest BCUT2D eigenvalue weighted by atomic mass is 16.5. The highest BCUT2D eigenvalue weighted by molar-refractivity contribution is 5.14. The van der Waals surface area contributed by atoms with Crippen molar-refractivity contribution in [3.05, 3.63) is 0 Å². The number of fused-ring (bicyclic) bond motifs is 1. The Bertz CT molecular complexity index is 288. The van der Waals surface area contributed by atoms with E-state index in [4.69, 9.17) is 10.5 Å². The minimum atomic E-state index is 0.0260. The van der Waals surface area contributed by atoms with Gasteiger partial charge in [0.15, 0.2) is 0 Å². The van der Waals surface area contributed by atoms with Gasteiger partial charge in [0.25, 0.3) is 0 Å². The largest absolute Gasteiger partial charge is 0.375 e. The van der Waals surface area contributed by atoms with Gasteiger partial charge in [-0.25, -0.2) is 0 Å². The molecule has 0 aliphatic heterocycles. The number of nitrogens with one attached hydrogen (secondary N) is 1. The van der Waals surface area contributed by atoms with Gasteiger partial charge in [0.05, 0.1) is 12.2 Å². The van der Waals surface area contributed by atoms with Crippen LogP contribution in [-0.4, -0.2) is 30.3 Å². The molecule has 0 aromatic rings.